The fraction of sp³-hybridized carbons (Fsp3) is 0.727. The average molecular weight is 236 g/mol. The zero-order valence-corrected chi connectivity index (χ0v) is 10.9. The van der Waals surface area contributed by atoms with Crippen molar-refractivity contribution < 1.29 is 26.4 Å². The molecule has 0 saturated carbocycles. The fourth-order valence-electron chi connectivity index (χ4n) is 1.23. The molecule has 0 aromatic rings. The first kappa shape index (κ1) is 16.9. The zero-order chi connectivity index (χ0) is 11.2. The molecule has 0 fully saturated rings. The molecule has 0 aromatic heterocycles. The highest BCUT2D eigenvalue weighted by Gasteiger charge is 2.14. The molecule has 4 heteroatoms. The normalized spacial score (nSPS) is 10.4. The lowest BCUT2D eigenvalue weighted by Crippen LogP contribution is -3.00. The zero-order valence-electron chi connectivity index (χ0n) is 10.2. The quantitative estimate of drug-likeness (QED) is 0.322. The molecule has 3 nitrogen and oxygen atoms in total. The van der Waals surface area contributed by atoms with Gasteiger partial charge in [0.2, 0.25) is 0 Å². The third-order valence-electron chi connectivity index (χ3n) is 2.11. The van der Waals surface area contributed by atoms with E-state index in [0.29, 0.717) is 12.2 Å². The van der Waals surface area contributed by atoms with Gasteiger partial charge in [-0.05, 0) is 13.3 Å². The minimum atomic E-state index is -0.290. The van der Waals surface area contributed by atoms with Gasteiger partial charge in [0, 0.05) is 5.57 Å². The second-order valence-corrected chi connectivity index (χ2v) is 4.30. The van der Waals surface area contributed by atoms with Crippen LogP contribution in [0.3, 0.4) is 0 Å². The molecule has 0 aromatic carbocycles. The van der Waals surface area contributed by atoms with Gasteiger partial charge in [-0.25, -0.2) is 4.79 Å². The summed E-state index contributed by atoms with van der Waals surface area (Å²) in [6.07, 6.45) is 1.14. The smallest absolute Gasteiger partial charge is 0.333 e. The predicted molar refractivity (Wildman–Crippen MR) is 57.9 cm³/mol. The molecule has 15 heavy (non-hydrogen) atoms. The Morgan fingerprint density at radius 1 is 1.33 bits per heavy atom. The van der Waals surface area contributed by atoms with Gasteiger partial charge in [0.1, 0.15) is 13.2 Å². The highest BCUT2D eigenvalue weighted by atomic mass is 35.5. The highest BCUT2D eigenvalue weighted by Crippen LogP contribution is 2.00. The second kappa shape index (κ2) is 7.71. The van der Waals surface area contributed by atoms with Crippen molar-refractivity contribution in [1.82, 2.24) is 0 Å². The maximum atomic E-state index is 11.1. The van der Waals surface area contributed by atoms with Crippen molar-refractivity contribution in [2.45, 2.75) is 20.3 Å². The van der Waals surface area contributed by atoms with Crippen molar-refractivity contribution in [1.29, 1.82) is 0 Å². The topological polar surface area (TPSA) is 26.3 Å². The van der Waals surface area contributed by atoms with Crippen molar-refractivity contribution in [3.8, 4) is 0 Å². The van der Waals surface area contributed by atoms with Crippen LogP contribution in [-0.4, -0.2) is 44.2 Å². The molecule has 90 valence electrons. The number of likely N-dealkylation sites (N-methyl/N-ethyl adjacent to an activating group) is 1. The fourth-order valence-corrected chi connectivity index (χ4v) is 1.23. The van der Waals surface area contributed by atoms with Crippen LogP contribution >= 0.6 is 0 Å². The number of carbonyl (C=O) groups excluding carboxylic acids is 1. The molecular weight excluding hydrogens is 214 g/mol. The molecule has 0 bridgehead atoms. The van der Waals surface area contributed by atoms with Gasteiger partial charge < -0.3 is 21.6 Å². The first-order chi connectivity index (χ1) is 6.39. The molecule has 0 amide bonds. The maximum Gasteiger partial charge on any atom is 0.333 e. The number of carbonyl (C=O) groups is 1. The monoisotopic (exact) mass is 235 g/mol. The predicted octanol–water partition coefficient (Wildman–Crippen LogP) is -1.40. The average Bonchev–Trinajstić information content (AvgIpc) is 2.03. The summed E-state index contributed by atoms with van der Waals surface area (Å²) in [7, 11) is 4.27. The van der Waals surface area contributed by atoms with Crippen molar-refractivity contribution in [3.63, 3.8) is 0 Å². The molecule has 0 aliphatic carbocycles. The molecule has 0 atom stereocenters. The summed E-state index contributed by atoms with van der Waals surface area (Å²) in [5.41, 5.74) is 0.464. The molecule has 0 unspecified atom stereocenters. The van der Waals surface area contributed by atoms with Crippen molar-refractivity contribution in [2.24, 2.45) is 0 Å². The van der Waals surface area contributed by atoms with Crippen molar-refractivity contribution in [2.75, 3.05) is 33.8 Å². The van der Waals surface area contributed by atoms with Gasteiger partial charge in [-0.15, -0.1) is 0 Å². The molecule has 0 rings (SSSR count). The van der Waals surface area contributed by atoms with Crippen LogP contribution < -0.4 is 12.4 Å². The van der Waals surface area contributed by atoms with Gasteiger partial charge in [-0.2, -0.15) is 0 Å². The summed E-state index contributed by atoms with van der Waals surface area (Å²) in [5.74, 6) is -0.290. The van der Waals surface area contributed by atoms with E-state index in [1.165, 1.54) is 0 Å². The molecule has 0 aliphatic rings. The lowest BCUT2D eigenvalue weighted by atomic mass is 10.3. The lowest BCUT2D eigenvalue weighted by Gasteiger charge is -2.28. The van der Waals surface area contributed by atoms with E-state index in [4.69, 9.17) is 4.74 Å². The Kier molecular flexibility index (Phi) is 8.68. The van der Waals surface area contributed by atoms with Crippen molar-refractivity contribution >= 4 is 5.97 Å². The number of hydrogen-bond acceptors (Lipinski definition) is 2. The van der Waals surface area contributed by atoms with E-state index in [9.17, 15) is 4.79 Å². The van der Waals surface area contributed by atoms with Gasteiger partial charge in [0.05, 0.1) is 20.6 Å². The molecule has 0 heterocycles. The third kappa shape index (κ3) is 8.45. The maximum absolute atomic E-state index is 11.1. The third-order valence-corrected chi connectivity index (χ3v) is 2.11. The van der Waals surface area contributed by atoms with E-state index in [0.717, 1.165) is 24.0 Å². The lowest BCUT2D eigenvalue weighted by molar-refractivity contribution is -0.890. The number of rotatable bonds is 6. The van der Waals surface area contributed by atoms with Crippen LogP contribution in [0.5, 0.6) is 0 Å². The summed E-state index contributed by atoms with van der Waals surface area (Å²) >= 11 is 0. The van der Waals surface area contributed by atoms with E-state index < -0.39 is 0 Å². The summed E-state index contributed by atoms with van der Waals surface area (Å²) in [4.78, 5) is 11.1. The van der Waals surface area contributed by atoms with Gasteiger partial charge >= 0.3 is 5.97 Å². The van der Waals surface area contributed by atoms with E-state index >= 15 is 0 Å². The Labute approximate surface area is 99.1 Å². The Morgan fingerprint density at radius 2 is 1.87 bits per heavy atom. The number of halogens is 1. The highest BCUT2D eigenvalue weighted by molar-refractivity contribution is 5.86. The molecule has 0 N–H and O–H groups in total. The molecule has 0 radical (unpaired) electrons. The minimum Gasteiger partial charge on any atom is -1.00 e. The van der Waals surface area contributed by atoms with Crippen LogP contribution in [-0.2, 0) is 9.53 Å². The molecule has 0 aliphatic heterocycles. The standard InChI is InChI=1S/C11H22NO2.ClH/c1-6-7-12(4,5)8-9-14-11(13)10(2)3;/h2,6-9H2,1,3-5H3;1H/q+1;/p-1. The van der Waals surface area contributed by atoms with Gasteiger partial charge in [0.15, 0.2) is 0 Å². The van der Waals surface area contributed by atoms with Crippen molar-refractivity contribution in [3.05, 3.63) is 12.2 Å². The molecular formula is C11H22ClNO2. The summed E-state index contributed by atoms with van der Waals surface area (Å²) in [6.45, 7) is 9.77. The number of ether oxygens (including phenoxy) is 1. The number of esters is 1. The van der Waals surface area contributed by atoms with Gasteiger partial charge in [-0.1, -0.05) is 13.5 Å². The first-order valence-corrected chi connectivity index (χ1v) is 5.03. The molecule has 0 spiro atoms. The Bertz CT molecular complexity index is 215. The Hall–Kier alpha value is -0.540. The van der Waals surface area contributed by atoms with Crippen LogP contribution in [0.2, 0.25) is 0 Å². The van der Waals surface area contributed by atoms with E-state index in [1.807, 2.05) is 0 Å². The SMILES string of the molecule is C=C(C)C(=O)OCC[N+](C)(C)CCC.[Cl-]. The number of nitrogens with zero attached hydrogens (tertiary/aromatic N) is 1. The van der Waals surface area contributed by atoms with Crippen LogP contribution in [0.1, 0.15) is 20.3 Å². The summed E-state index contributed by atoms with van der Waals surface area (Å²) < 4.78 is 5.92. The Balaban J connectivity index is 0. The minimum absolute atomic E-state index is 0. The van der Waals surface area contributed by atoms with Crippen LogP contribution in [0.25, 0.3) is 0 Å². The van der Waals surface area contributed by atoms with Crippen LogP contribution in [0.15, 0.2) is 12.2 Å². The van der Waals surface area contributed by atoms with Crippen LogP contribution in [0.4, 0.5) is 0 Å². The van der Waals surface area contributed by atoms with Crippen LogP contribution in [0, 0.1) is 0 Å². The van der Waals surface area contributed by atoms with E-state index in [2.05, 4.69) is 27.6 Å². The molecule has 0 saturated heterocycles. The number of quaternary nitrogens is 1. The number of hydrogen-bond donors (Lipinski definition) is 0. The van der Waals surface area contributed by atoms with E-state index in [-0.39, 0.29) is 18.4 Å². The Morgan fingerprint density at radius 3 is 2.27 bits per heavy atom. The largest absolute Gasteiger partial charge is 1.00 e. The van der Waals surface area contributed by atoms with E-state index in [1.54, 1.807) is 6.92 Å². The summed E-state index contributed by atoms with van der Waals surface area (Å²) in [6, 6.07) is 0. The van der Waals surface area contributed by atoms with Gasteiger partial charge in [-0.3, -0.25) is 0 Å². The second-order valence-electron chi connectivity index (χ2n) is 4.30. The van der Waals surface area contributed by atoms with Gasteiger partial charge in [0.25, 0.3) is 0 Å². The summed E-state index contributed by atoms with van der Waals surface area (Å²) in [5, 5.41) is 0. The first-order valence-electron chi connectivity index (χ1n) is 5.03.